The van der Waals surface area contributed by atoms with Gasteiger partial charge >= 0.3 is 6.61 Å². The van der Waals surface area contributed by atoms with Crippen molar-refractivity contribution >= 4 is 35.5 Å². The van der Waals surface area contributed by atoms with E-state index >= 15 is 0 Å². The van der Waals surface area contributed by atoms with Gasteiger partial charge in [-0.15, -0.1) is 12.4 Å². The van der Waals surface area contributed by atoms with Crippen LogP contribution < -0.4 is 15.4 Å². The fraction of sp³-hybridized carbons (Fsp3) is 0.367. The molecular weight excluding hydrogens is 564 g/mol. The number of carbonyl (C=O) groups is 1. The zero-order chi connectivity index (χ0) is 28.3. The van der Waals surface area contributed by atoms with Gasteiger partial charge in [-0.3, -0.25) is 14.1 Å². The summed E-state index contributed by atoms with van der Waals surface area (Å²) in [4.78, 5) is 26.9. The van der Waals surface area contributed by atoms with Crippen LogP contribution in [0, 0.1) is 6.92 Å². The van der Waals surface area contributed by atoms with E-state index in [2.05, 4.69) is 30.2 Å². The van der Waals surface area contributed by atoms with Crippen molar-refractivity contribution in [2.75, 3.05) is 44.6 Å². The number of hydrogen-bond donors (Lipinski definition) is 2. The van der Waals surface area contributed by atoms with Crippen molar-refractivity contribution in [2.24, 2.45) is 0 Å². The molecule has 2 saturated heterocycles. The number of rotatable bonds is 7. The standard InChI is InChI=1S/C30H33F2N7O2.ClH/c1-20-18-22(4-7-25(20)29(40)38-13-8-23(9-14-38)37-15-10-33-11-16-37)36-27-28-35-19-26(39(28)17-12-34-27)21-2-5-24(6-3-21)41-30(31)32;/h2-7,12,17-19,23,30,33H,8-11,13-16H2,1H3,(H,34,36);1H. The predicted molar refractivity (Wildman–Crippen MR) is 160 cm³/mol. The third kappa shape index (κ3) is 6.33. The number of anilines is 2. The van der Waals surface area contributed by atoms with Crippen molar-refractivity contribution < 1.29 is 18.3 Å². The quantitative estimate of drug-likeness (QED) is 0.311. The highest BCUT2D eigenvalue weighted by molar-refractivity contribution is 5.96. The van der Waals surface area contributed by atoms with E-state index in [0.717, 1.165) is 74.6 Å². The molecule has 0 aliphatic carbocycles. The Morgan fingerprint density at radius 2 is 1.79 bits per heavy atom. The third-order valence-corrected chi connectivity index (χ3v) is 7.94. The molecule has 1 amide bonds. The van der Waals surface area contributed by atoms with Gasteiger partial charge in [-0.2, -0.15) is 8.78 Å². The van der Waals surface area contributed by atoms with Gasteiger partial charge in [0.2, 0.25) is 0 Å². The number of aryl methyl sites for hydroxylation is 1. The number of amides is 1. The first-order valence-corrected chi connectivity index (χ1v) is 14.0. The normalized spacial score (nSPS) is 16.4. The molecule has 2 aliphatic heterocycles. The Kier molecular flexibility index (Phi) is 9.20. The molecule has 4 aromatic rings. The van der Waals surface area contributed by atoms with E-state index in [-0.39, 0.29) is 24.1 Å². The molecule has 0 radical (unpaired) electrons. The summed E-state index contributed by atoms with van der Waals surface area (Å²) in [7, 11) is 0. The number of nitrogens with one attached hydrogen (secondary N) is 2. The Hall–Kier alpha value is -3.80. The lowest BCUT2D eigenvalue weighted by Crippen LogP contribution is -2.52. The second kappa shape index (κ2) is 13.0. The average molecular weight is 598 g/mol. The molecule has 2 fully saturated rings. The molecule has 2 aromatic carbocycles. The van der Waals surface area contributed by atoms with Gasteiger partial charge in [-0.25, -0.2) is 9.97 Å². The molecule has 12 heteroatoms. The zero-order valence-electron chi connectivity index (χ0n) is 23.3. The smallest absolute Gasteiger partial charge is 0.387 e. The summed E-state index contributed by atoms with van der Waals surface area (Å²) < 4.78 is 31.3. The summed E-state index contributed by atoms with van der Waals surface area (Å²) in [6.07, 6.45) is 7.21. The minimum atomic E-state index is -2.87. The topological polar surface area (TPSA) is 87.0 Å². The van der Waals surface area contributed by atoms with Crippen molar-refractivity contribution in [3.63, 3.8) is 0 Å². The van der Waals surface area contributed by atoms with Gasteiger partial charge in [-0.1, -0.05) is 0 Å². The maximum atomic E-state index is 13.4. The van der Waals surface area contributed by atoms with E-state index in [4.69, 9.17) is 0 Å². The molecule has 4 heterocycles. The molecule has 6 rings (SSSR count). The van der Waals surface area contributed by atoms with E-state index in [1.807, 2.05) is 34.4 Å². The largest absolute Gasteiger partial charge is 0.435 e. The summed E-state index contributed by atoms with van der Waals surface area (Å²) in [6, 6.07) is 12.7. The first-order chi connectivity index (χ1) is 20.0. The Morgan fingerprint density at radius 1 is 1.05 bits per heavy atom. The van der Waals surface area contributed by atoms with Gasteiger partial charge < -0.3 is 20.3 Å². The van der Waals surface area contributed by atoms with E-state index < -0.39 is 6.61 Å². The van der Waals surface area contributed by atoms with Gasteiger partial charge in [0.05, 0.1) is 11.9 Å². The van der Waals surface area contributed by atoms with Crippen molar-refractivity contribution in [2.45, 2.75) is 32.4 Å². The fourth-order valence-electron chi connectivity index (χ4n) is 5.80. The van der Waals surface area contributed by atoms with Gasteiger partial charge in [0.1, 0.15) is 5.75 Å². The monoisotopic (exact) mass is 597 g/mol. The molecule has 0 saturated carbocycles. The maximum absolute atomic E-state index is 13.4. The number of aromatic nitrogens is 3. The molecule has 9 nitrogen and oxygen atoms in total. The number of alkyl halides is 2. The van der Waals surface area contributed by atoms with Gasteiger partial charge in [0.15, 0.2) is 11.5 Å². The third-order valence-electron chi connectivity index (χ3n) is 7.94. The Morgan fingerprint density at radius 3 is 2.48 bits per heavy atom. The highest BCUT2D eigenvalue weighted by atomic mass is 35.5. The van der Waals surface area contributed by atoms with E-state index in [9.17, 15) is 13.6 Å². The number of hydrogen-bond acceptors (Lipinski definition) is 7. The van der Waals surface area contributed by atoms with Crippen molar-refractivity contribution in [1.29, 1.82) is 0 Å². The van der Waals surface area contributed by atoms with Crippen LogP contribution in [0.25, 0.3) is 16.9 Å². The maximum Gasteiger partial charge on any atom is 0.387 e. The van der Waals surface area contributed by atoms with Crippen LogP contribution in [-0.2, 0) is 0 Å². The number of nitrogens with zero attached hydrogens (tertiary/aromatic N) is 5. The molecule has 42 heavy (non-hydrogen) atoms. The molecular formula is C30H34ClF2N7O2. The molecule has 0 unspecified atom stereocenters. The minimum Gasteiger partial charge on any atom is -0.435 e. The Balaban J connectivity index is 0.00000353. The summed E-state index contributed by atoms with van der Waals surface area (Å²) in [5.74, 6) is 0.736. The van der Waals surface area contributed by atoms with Crippen LogP contribution in [0.3, 0.4) is 0 Å². The number of imidazole rings is 1. The number of carbonyl (C=O) groups excluding carboxylic acids is 1. The summed E-state index contributed by atoms with van der Waals surface area (Å²) in [5, 5.41) is 6.75. The van der Waals surface area contributed by atoms with Crippen LogP contribution in [0.2, 0.25) is 0 Å². The number of benzene rings is 2. The average Bonchev–Trinajstić information content (AvgIpc) is 3.43. The fourth-order valence-corrected chi connectivity index (χ4v) is 5.80. The number of likely N-dealkylation sites (tertiary alicyclic amines) is 1. The summed E-state index contributed by atoms with van der Waals surface area (Å²) in [5.41, 5.74) is 4.60. The number of fused-ring (bicyclic) bond motifs is 1. The second-order valence-electron chi connectivity index (χ2n) is 10.5. The van der Waals surface area contributed by atoms with Crippen LogP contribution >= 0.6 is 12.4 Å². The lowest BCUT2D eigenvalue weighted by Gasteiger charge is -2.40. The van der Waals surface area contributed by atoms with Gasteiger partial charge in [0.25, 0.3) is 5.91 Å². The van der Waals surface area contributed by atoms with Gasteiger partial charge in [0, 0.05) is 74.5 Å². The Labute approximate surface area is 249 Å². The first-order valence-electron chi connectivity index (χ1n) is 14.0. The van der Waals surface area contributed by atoms with Crippen molar-refractivity contribution in [3.05, 3.63) is 72.2 Å². The molecule has 0 spiro atoms. The lowest BCUT2D eigenvalue weighted by molar-refractivity contribution is -0.0498. The van der Waals surface area contributed by atoms with Crippen molar-refractivity contribution in [3.8, 4) is 17.0 Å². The summed E-state index contributed by atoms with van der Waals surface area (Å²) in [6.45, 7) is 4.90. The van der Waals surface area contributed by atoms with E-state index in [1.54, 1.807) is 30.7 Å². The van der Waals surface area contributed by atoms with Crippen LogP contribution in [0.5, 0.6) is 5.75 Å². The molecule has 222 valence electrons. The first kappa shape index (κ1) is 29.7. The van der Waals surface area contributed by atoms with Crippen LogP contribution in [0.1, 0.15) is 28.8 Å². The van der Waals surface area contributed by atoms with Crippen LogP contribution in [0.15, 0.2) is 61.1 Å². The van der Waals surface area contributed by atoms with Crippen molar-refractivity contribution in [1.82, 2.24) is 29.5 Å². The molecule has 2 aliphatic rings. The SMILES string of the molecule is Cc1cc(Nc2nccn3c(-c4ccc(OC(F)F)cc4)cnc23)ccc1C(=O)N1CCC(N2CCNCC2)CC1.Cl. The van der Waals surface area contributed by atoms with E-state index in [0.29, 0.717) is 23.1 Å². The number of piperazine rings is 1. The van der Waals surface area contributed by atoms with Gasteiger partial charge in [-0.05, 0) is 67.8 Å². The molecule has 0 atom stereocenters. The molecule has 2 aromatic heterocycles. The molecule has 0 bridgehead atoms. The Bertz CT molecular complexity index is 1520. The van der Waals surface area contributed by atoms with E-state index in [1.165, 1.54) is 12.1 Å². The lowest BCUT2D eigenvalue weighted by atomic mass is 10.00. The van der Waals surface area contributed by atoms with Crippen LogP contribution in [0.4, 0.5) is 20.3 Å². The number of halogens is 3. The zero-order valence-corrected chi connectivity index (χ0v) is 24.1. The summed E-state index contributed by atoms with van der Waals surface area (Å²) >= 11 is 0. The number of piperidine rings is 1. The second-order valence-corrected chi connectivity index (χ2v) is 10.5. The van der Waals surface area contributed by atoms with Crippen LogP contribution in [-0.4, -0.2) is 82.0 Å². The molecule has 2 N–H and O–H groups in total. The highest BCUT2D eigenvalue weighted by Crippen LogP contribution is 2.28. The highest BCUT2D eigenvalue weighted by Gasteiger charge is 2.28. The predicted octanol–water partition coefficient (Wildman–Crippen LogP) is 4.98. The number of ether oxygens (including phenoxy) is 1. The minimum absolute atomic E-state index is 0.